The zero-order valence-electron chi connectivity index (χ0n) is 11.4. The molecule has 3 nitrogen and oxygen atoms in total. The molecule has 3 heteroatoms. The number of aromatic nitrogens is 1. The van der Waals surface area contributed by atoms with Gasteiger partial charge in [0.05, 0.1) is 5.69 Å². The van der Waals surface area contributed by atoms with E-state index in [-0.39, 0.29) is 0 Å². The molecule has 19 heavy (non-hydrogen) atoms. The minimum atomic E-state index is 0.665. The summed E-state index contributed by atoms with van der Waals surface area (Å²) in [5.41, 5.74) is 9.39. The maximum Gasteiger partial charge on any atom is 0.0544 e. The summed E-state index contributed by atoms with van der Waals surface area (Å²) in [7, 11) is 0. The number of aryl methyl sites for hydroxylation is 1. The van der Waals surface area contributed by atoms with Gasteiger partial charge in [0.2, 0.25) is 0 Å². The molecule has 2 rings (SSSR count). The van der Waals surface area contributed by atoms with Crippen molar-refractivity contribution in [2.24, 2.45) is 5.73 Å². The van der Waals surface area contributed by atoms with E-state index in [9.17, 15) is 0 Å². The molecule has 0 spiro atoms. The predicted molar refractivity (Wildman–Crippen MR) is 78.6 cm³/mol. The fourth-order valence-electron chi connectivity index (χ4n) is 2.07. The highest BCUT2D eigenvalue weighted by Gasteiger charge is 2.06. The highest BCUT2D eigenvalue weighted by molar-refractivity contribution is 5.21. The summed E-state index contributed by atoms with van der Waals surface area (Å²) < 4.78 is 0. The zero-order valence-corrected chi connectivity index (χ0v) is 11.4. The van der Waals surface area contributed by atoms with Gasteiger partial charge in [-0.05, 0) is 24.6 Å². The van der Waals surface area contributed by atoms with Crippen LogP contribution < -0.4 is 5.73 Å². The van der Waals surface area contributed by atoms with Crippen molar-refractivity contribution in [3.8, 4) is 0 Å². The molecule has 1 aromatic heterocycles. The van der Waals surface area contributed by atoms with Crippen LogP contribution in [-0.4, -0.2) is 23.0 Å². The topological polar surface area (TPSA) is 42.1 Å². The van der Waals surface area contributed by atoms with E-state index in [1.807, 2.05) is 18.3 Å². The Hall–Kier alpha value is -1.71. The molecule has 0 fully saturated rings. The van der Waals surface area contributed by atoms with Crippen molar-refractivity contribution in [2.75, 3.05) is 13.1 Å². The first kappa shape index (κ1) is 13.7. The smallest absolute Gasteiger partial charge is 0.0544 e. The van der Waals surface area contributed by atoms with Gasteiger partial charge in [0.25, 0.3) is 0 Å². The Morgan fingerprint density at radius 1 is 1.05 bits per heavy atom. The van der Waals surface area contributed by atoms with Crippen LogP contribution >= 0.6 is 0 Å². The average molecular weight is 255 g/mol. The van der Waals surface area contributed by atoms with E-state index in [0.29, 0.717) is 6.54 Å². The van der Waals surface area contributed by atoms with Crippen molar-refractivity contribution >= 4 is 0 Å². The fourth-order valence-corrected chi connectivity index (χ4v) is 2.07. The summed E-state index contributed by atoms with van der Waals surface area (Å²) in [5.74, 6) is 0. The van der Waals surface area contributed by atoms with Gasteiger partial charge in [-0.25, -0.2) is 0 Å². The zero-order chi connectivity index (χ0) is 13.5. The van der Waals surface area contributed by atoms with Gasteiger partial charge in [-0.3, -0.25) is 9.88 Å². The highest BCUT2D eigenvalue weighted by Crippen LogP contribution is 2.09. The first-order valence-corrected chi connectivity index (χ1v) is 6.66. The van der Waals surface area contributed by atoms with E-state index < -0.39 is 0 Å². The van der Waals surface area contributed by atoms with Gasteiger partial charge >= 0.3 is 0 Å². The van der Waals surface area contributed by atoms with E-state index >= 15 is 0 Å². The number of nitrogens with two attached hydrogens (primary N) is 1. The van der Waals surface area contributed by atoms with Crippen LogP contribution in [0.25, 0.3) is 0 Å². The van der Waals surface area contributed by atoms with Gasteiger partial charge in [-0.2, -0.15) is 0 Å². The summed E-state index contributed by atoms with van der Waals surface area (Å²) in [4.78, 5) is 6.70. The predicted octanol–water partition coefficient (Wildman–Crippen LogP) is 2.35. The Labute approximate surface area is 115 Å². The first-order chi connectivity index (χ1) is 9.28. The quantitative estimate of drug-likeness (QED) is 0.861. The van der Waals surface area contributed by atoms with Crippen LogP contribution in [0.3, 0.4) is 0 Å². The van der Waals surface area contributed by atoms with E-state index in [2.05, 4.69) is 47.1 Å². The lowest BCUT2D eigenvalue weighted by atomic mass is 10.1. The van der Waals surface area contributed by atoms with Gasteiger partial charge in [-0.1, -0.05) is 35.9 Å². The van der Waals surface area contributed by atoms with Crippen molar-refractivity contribution < 1.29 is 0 Å². The van der Waals surface area contributed by atoms with Gasteiger partial charge in [0.15, 0.2) is 0 Å². The summed E-state index contributed by atoms with van der Waals surface area (Å²) >= 11 is 0. The second-order valence-electron chi connectivity index (χ2n) is 4.81. The molecule has 0 bridgehead atoms. The van der Waals surface area contributed by atoms with E-state index in [1.54, 1.807) is 0 Å². The number of pyridine rings is 1. The number of rotatable bonds is 6. The number of nitrogens with zero attached hydrogens (tertiary/aromatic N) is 2. The molecule has 0 aliphatic heterocycles. The molecular weight excluding hydrogens is 234 g/mol. The fraction of sp³-hybridized carbons (Fsp3) is 0.312. The maximum absolute atomic E-state index is 5.70. The molecule has 2 N–H and O–H groups in total. The third kappa shape index (κ3) is 4.47. The lowest BCUT2D eigenvalue weighted by molar-refractivity contribution is 0.261. The minimum Gasteiger partial charge on any atom is -0.329 e. The van der Waals surface area contributed by atoms with Gasteiger partial charge < -0.3 is 5.73 Å². The van der Waals surface area contributed by atoms with Crippen molar-refractivity contribution in [3.05, 3.63) is 65.5 Å². The molecule has 1 aromatic carbocycles. The number of benzene rings is 1. The van der Waals surface area contributed by atoms with Crippen molar-refractivity contribution in [1.29, 1.82) is 0 Å². The van der Waals surface area contributed by atoms with Crippen LogP contribution in [0.4, 0.5) is 0 Å². The monoisotopic (exact) mass is 255 g/mol. The molecule has 0 saturated carbocycles. The SMILES string of the molecule is Cc1ccc(CN(CCN)Cc2ccccn2)cc1. The number of hydrogen-bond donors (Lipinski definition) is 1. The molecule has 2 aromatic rings. The summed E-state index contributed by atoms with van der Waals surface area (Å²) in [6.45, 7) is 5.40. The summed E-state index contributed by atoms with van der Waals surface area (Å²) in [5, 5.41) is 0. The molecular formula is C16H21N3. The number of hydrogen-bond acceptors (Lipinski definition) is 3. The molecule has 0 amide bonds. The second-order valence-corrected chi connectivity index (χ2v) is 4.81. The molecule has 0 aliphatic rings. The molecule has 0 unspecified atom stereocenters. The molecule has 1 heterocycles. The van der Waals surface area contributed by atoms with Crippen LogP contribution in [0.1, 0.15) is 16.8 Å². The van der Waals surface area contributed by atoms with Crippen LogP contribution in [0.15, 0.2) is 48.7 Å². The summed E-state index contributed by atoms with van der Waals surface area (Å²) in [6.07, 6.45) is 1.84. The largest absolute Gasteiger partial charge is 0.329 e. The standard InChI is InChI=1S/C16H21N3/c1-14-5-7-15(8-6-14)12-19(11-9-17)13-16-4-2-3-10-18-16/h2-8,10H,9,11-13,17H2,1H3. The normalized spacial score (nSPS) is 10.9. The Morgan fingerprint density at radius 2 is 1.84 bits per heavy atom. The molecule has 0 aliphatic carbocycles. The molecule has 0 radical (unpaired) electrons. The lowest BCUT2D eigenvalue weighted by Crippen LogP contribution is -2.29. The van der Waals surface area contributed by atoms with Crippen LogP contribution in [-0.2, 0) is 13.1 Å². The average Bonchev–Trinajstić information content (AvgIpc) is 2.43. The van der Waals surface area contributed by atoms with Crippen LogP contribution in [0, 0.1) is 6.92 Å². The minimum absolute atomic E-state index is 0.665. The first-order valence-electron chi connectivity index (χ1n) is 6.66. The molecule has 100 valence electrons. The van der Waals surface area contributed by atoms with Crippen molar-refractivity contribution in [1.82, 2.24) is 9.88 Å². The lowest BCUT2D eigenvalue weighted by Gasteiger charge is -2.21. The van der Waals surface area contributed by atoms with Gasteiger partial charge in [-0.15, -0.1) is 0 Å². The van der Waals surface area contributed by atoms with Gasteiger partial charge in [0, 0.05) is 32.4 Å². The van der Waals surface area contributed by atoms with E-state index in [0.717, 1.165) is 25.3 Å². The Kier molecular flexibility index (Phi) is 5.07. The Balaban J connectivity index is 2.01. The van der Waals surface area contributed by atoms with Crippen molar-refractivity contribution in [3.63, 3.8) is 0 Å². The van der Waals surface area contributed by atoms with E-state index in [4.69, 9.17) is 5.73 Å². The molecule has 0 saturated heterocycles. The Morgan fingerprint density at radius 3 is 2.47 bits per heavy atom. The molecule has 0 atom stereocenters. The maximum atomic E-state index is 5.70. The van der Waals surface area contributed by atoms with Gasteiger partial charge in [0.1, 0.15) is 0 Å². The third-order valence-corrected chi connectivity index (χ3v) is 3.08. The second kappa shape index (κ2) is 7.02. The van der Waals surface area contributed by atoms with E-state index in [1.165, 1.54) is 11.1 Å². The van der Waals surface area contributed by atoms with Crippen molar-refractivity contribution in [2.45, 2.75) is 20.0 Å². The summed E-state index contributed by atoms with van der Waals surface area (Å²) in [6, 6.07) is 14.7. The Bertz CT molecular complexity index is 479. The van der Waals surface area contributed by atoms with Crippen LogP contribution in [0.2, 0.25) is 0 Å². The highest BCUT2D eigenvalue weighted by atomic mass is 15.1. The van der Waals surface area contributed by atoms with Crippen LogP contribution in [0.5, 0.6) is 0 Å². The third-order valence-electron chi connectivity index (χ3n) is 3.08.